The molecule has 6 nitrogen and oxygen atoms in total. The summed E-state index contributed by atoms with van der Waals surface area (Å²) in [5.41, 5.74) is -0.606. The van der Waals surface area contributed by atoms with Crippen molar-refractivity contribution in [2.75, 3.05) is 7.11 Å². The summed E-state index contributed by atoms with van der Waals surface area (Å²) < 4.78 is 6.02. The van der Waals surface area contributed by atoms with Crippen molar-refractivity contribution in [3.05, 3.63) is 52.4 Å². The molecule has 6 heteroatoms. The van der Waals surface area contributed by atoms with E-state index in [0.717, 1.165) is 16.7 Å². The topological polar surface area (TPSA) is 88.8 Å². The predicted molar refractivity (Wildman–Crippen MR) is 67.2 cm³/mol. The van der Waals surface area contributed by atoms with Gasteiger partial charge in [0.05, 0.1) is 12.8 Å². The highest BCUT2D eigenvalue weighted by Gasteiger charge is 2.14. The first-order valence-corrected chi connectivity index (χ1v) is 5.36. The van der Waals surface area contributed by atoms with Crippen LogP contribution in [0.3, 0.4) is 0 Å². The molecule has 0 saturated heterocycles. The first kappa shape index (κ1) is 12.7. The zero-order valence-corrected chi connectivity index (χ0v) is 10.0. The van der Waals surface area contributed by atoms with Crippen LogP contribution in [-0.2, 0) is 0 Å². The fourth-order valence-corrected chi connectivity index (χ4v) is 1.73. The molecular weight excluding hydrogens is 250 g/mol. The summed E-state index contributed by atoms with van der Waals surface area (Å²) in [7, 11) is 1.47. The Bertz CT molecular complexity index is 690. The van der Waals surface area contributed by atoms with Crippen LogP contribution in [0.1, 0.15) is 10.5 Å². The van der Waals surface area contributed by atoms with Crippen molar-refractivity contribution in [3.63, 3.8) is 0 Å². The number of aromatic hydroxyl groups is 1. The Morgan fingerprint density at radius 3 is 2.63 bits per heavy atom. The first-order chi connectivity index (χ1) is 9.02. The van der Waals surface area contributed by atoms with Crippen LogP contribution >= 0.6 is 0 Å². The van der Waals surface area contributed by atoms with E-state index < -0.39 is 11.5 Å². The summed E-state index contributed by atoms with van der Waals surface area (Å²) in [4.78, 5) is 23.0. The molecular formula is C13H11NO5. The van der Waals surface area contributed by atoms with E-state index in [1.807, 2.05) is 0 Å². The molecule has 1 aromatic carbocycles. The van der Waals surface area contributed by atoms with Crippen molar-refractivity contribution in [2.24, 2.45) is 0 Å². The quantitative estimate of drug-likeness (QED) is 0.868. The third kappa shape index (κ3) is 2.42. The van der Waals surface area contributed by atoms with E-state index in [1.54, 1.807) is 18.2 Å². The maximum atomic E-state index is 11.9. The summed E-state index contributed by atoms with van der Waals surface area (Å²) in [6.45, 7) is 0. The normalized spacial score (nSPS) is 10.2. The van der Waals surface area contributed by atoms with Gasteiger partial charge in [-0.1, -0.05) is 6.07 Å². The number of carboxylic acid groups (broad SMARTS) is 1. The number of ether oxygens (including phenoxy) is 1. The molecule has 98 valence electrons. The lowest BCUT2D eigenvalue weighted by atomic mass is 10.2. The van der Waals surface area contributed by atoms with Gasteiger partial charge in [0.2, 0.25) is 0 Å². The highest BCUT2D eigenvalue weighted by Crippen LogP contribution is 2.18. The molecule has 0 fully saturated rings. The first-order valence-electron chi connectivity index (χ1n) is 5.36. The van der Waals surface area contributed by atoms with Crippen LogP contribution in [0.15, 0.2) is 41.2 Å². The second kappa shape index (κ2) is 4.85. The number of rotatable bonds is 3. The van der Waals surface area contributed by atoms with Gasteiger partial charge >= 0.3 is 5.97 Å². The molecule has 2 aromatic rings. The second-order valence-corrected chi connectivity index (χ2v) is 3.78. The molecule has 0 spiro atoms. The second-order valence-electron chi connectivity index (χ2n) is 3.78. The van der Waals surface area contributed by atoms with Gasteiger partial charge in [-0.15, -0.1) is 0 Å². The Labute approximate surface area is 108 Å². The molecule has 0 amide bonds. The predicted octanol–water partition coefficient (Wildman–Crippen LogP) is 1.25. The van der Waals surface area contributed by atoms with Crippen molar-refractivity contribution in [2.45, 2.75) is 0 Å². The number of pyridine rings is 1. The maximum absolute atomic E-state index is 11.9. The SMILES string of the molecule is COc1cccc(-n2c(C(=O)O)cc(O)cc2=O)c1. The van der Waals surface area contributed by atoms with Gasteiger partial charge < -0.3 is 14.9 Å². The van der Waals surface area contributed by atoms with Crippen LogP contribution in [0.4, 0.5) is 0 Å². The minimum Gasteiger partial charge on any atom is -0.508 e. The number of carbonyl (C=O) groups is 1. The van der Waals surface area contributed by atoms with Gasteiger partial charge in [0, 0.05) is 18.2 Å². The van der Waals surface area contributed by atoms with Crippen LogP contribution in [0.2, 0.25) is 0 Å². The van der Waals surface area contributed by atoms with Gasteiger partial charge in [-0.05, 0) is 12.1 Å². The van der Waals surface area contributed by atoms with E-state index >= 15 is 0 Å². The number of benzene rings is 1. The lowest BCUT2D eigenvalue weighted by molar-refractivity contribution is 0.0686. The molecule has 19 heavy (non-hydrogen) atoms. The summed E-state index contributed by atoms with van der Waals surface area (Å²) in [5, 5.41) is 18.4. The van der Waals surface area contributed by atoms with Crippen LogP contribution in [-0.4, -0.2) is 27.9 Å². The molecule has 2 N–H and O–H groups in total. The highest BCUT2D eigenvalue weighted by atomic mass is 16.5. The van der Waals surface area contributed by atoms with Gasteiger partial charge in [0.25, 0.3) is 5.56 Å². The standard InChI is InChI=1S/C13H11NO5/c1-19-10-4-2-3-8(5-10)14-11(13(17)18)6-9(15)7-12(14)16/h2-7,15H,1H3,(H,17,18). The van der Waals surface area contributed by atoms with Crippen molar-refractivity contribution < 1.29 is 19.7 Å². The average molecular weight is 261 g/mol. The molecule has 0 aliphatic rings. The number of hydrogen-bond donors (Lipinski definition) is 2. The van der Waals surface area contributed by atoms with E-state index in [0.29, 0.717) is 11.4 Å². The summed E-state index contributed by atoms with van der Waals surface area (Å²) in [5.74, 6) is -1.20. The lowest BCUT2D eigenvalue weighted by Crippen LogP contribution is -2.23. The van der Waals surface area contributed by atoms with Crippen LogP contribution in [0, 0.1) is 0 Å². The molecule has 1 aromatic heterocycles. The summed E-state index contributed by atoms with van der Waals surface area (Å²) in [6.07, 6.45) is 0. The number of nitrogens with zero attached hydrogens (tertiary/aromatic N) is 1. The third-order valence-corrected chi connectivity index (χ3v) is 2.55. The summed E-state index contributed by atoms with van der Waals surface area (Å²) >= 11 is 0. The minimum absolute atomic E-state index is 0.321. The van der Waals surface area contributed by atoms with Crippen molar-refractivity contribution in [1.82, 2.24) is 4.57 Å². The summed E-state index contributed by atoms with van der Waals surface area (Å²) in [6, 6.07) is 8.39. The Kier molecular flexibility index (Phi) is 3.24. The molecule has 0 saturated carbocycles. The van der Waals surface area contributed by atoms with Gasteiger partial charge in [0.15, 0.2) is 0 Å². The molecule has 0 unspecified atom stereocenters. The Morgan fingerprint density at radius 1 is 1.26 bits per heavy atom. The Morgan fingerprint density at radius 2 is 2.00 bits per heavy atom. The van der Waals surface area contributed by atoms with Crippen molar-refractivity contribution in [1.29, 1.82) is 0 Å². The number of carboxylic acids is 1. The van der Waals surface area contributed by atoms with Gasteiger partial charge in [-0.25, -0.2) is 4.79 Å². The Hall–Kier alpha value is -2.76. The molecule has 0 bridgehead atoms. The zero-order valence-electron chi connectivity index (χ0n) is 10.0. The highest BCUT2D eigenvalue weighted by molar-refractivity contribution is 5.87. The molecule has 0 aliphatic heterocycles. The number of aromatic carboxylic acids is 1. The number of aromatic nitrogens is 1. The van der Waals surface area contributed by atoms with Gasteiger partial charge in [0.1, 0.15) is 17.2 Å². The van der Waals surface area contributed by atoms with E-state index in [9.17, 15) is 14.7 Å². The zero-order chi connectivity index (χ0) is 14.0. The average Bonchev–Trinajstić information content (AvgIpc) is 2.37. The molecule has 2 rings (SSSR count). The fraction of sp³-hybridized carbons (Fsp3) is 0.0769. The van der Waals surface area contributed by atoms with Crippen molar-refractivity contribution in [3.8, 4) is 17.2 Å². The van der Waals surface area contributed by atoms with Crippen LogP contribution in [0.25, 0.3) is 5.69 Å². The number of hydrogen-bond acceptors (Lipinski definition) is 4. The molecule has 0 atom stereocenters. The van der Waals surface area contributed by atoms with Gasteiger partial charge in [-0.2, -0.15) is 0 Å². The van der Waals surface area contributed by atoms with E-state index in [1.165, 1.54) is 13.2 Å². The minimum atomic E-state index is -1.31. The van der Waals surface area contributed by atoms with Crippen molar-refractivity contribution >= 4 is 5.97 Å². The van der Waals surface area contributed by atoms with Crippen LogP contribution < -0.4 is 10.3 Å². The molecule has 1 heterocycles. The Balaban J connectivity index is 2.73. The third-order valence-electron chi connectivity index (χ3n) is 2.55. The lowest BCUT2D eigenvalue weighted by Gasteiger charge is -2.11. The van der Waals surface area contributed by atoms with E-state index in [4.69, 9.17) is 9.84 Å². The molecule has 0 radical (unpaired) electrons. The largest absolute Gasteiger partial charge is 0.508 e. The van der Waals surface area contributed by atoms with E-state index in [-0.39, 0.29) is 11.4 Å². The van der Waals surface area contributed by atoms with Crippen LogP contribution in [0.5, 0.6) is 11.5 Å². The maximum Gasteiger partial charge on any atom is 0.353 e. The fourth-order valence-electron chi connectivity index (χ4n) is 1.73. The number of methoxy groups -OCH3 is 1. The van der Waals surface area contributed by atoms with Gasteiger partial charge in [-0.3, -0.25) is 9.36 Å². The smallest absolute Gasteiger partial charge is 0.353 e. The molecule has 0 aliphatic carbocycles. The monoisotopic (exact) mass is 261 g/mol. The van der Waals surface area contributed by atoms with E-state index in [2.05, 4.69) is 0 Å².